The van der Waals surface area contributed by atoms with E-state index in [1.165, 1.54) is 16.9 Å². The van der Waals surface area contributed by atoms with E-state index in [0.29, 0.717) is 12.6 Å². The summed E-state index contributed by atoms with van der Waals surface area (Å²) in [6.45, 7) is 4.44. The van der Waals surface area contributed by atoms with Gasteiger partial charge in [0.1, 0.15) is 5.69 Å². The molecule has 0 aliphatic carbocycles. The monoisotopic (exact) mass is 234 g/mol. The largest absolute Gasteiger partial charge is 0.477 e. The normalized spacial score (nSPS) is 11.0. The summed E-state index contributed by atoms with van der Waals surface area (Å²) in [4.78, 5) is 10.9. The highest BCUT2D eigenvalue weighted by Gasteiger charge is 2.11. The second kappa shape index (κ2) is 4.40. The van der Waals surface area contributed by atoms with Crippen molar-refractivity contribution in [3.8, 4) is 0 Å². The molecule has 0 aromatic carbocycles. The molecule has 0 saturated carbocycles. The first-order valence-electron chi connectivity index (χ1n) is 5.37. The summed E-state index contributed by atoms with van der Waals surface area (Å²) in [6.07, 6.45) is 3.35. The molecule has 0 aliphatic rings. The summed E-state index contributed by atoms with van der Waals surface area (Å²) < 4.78 is 3.26. The number of carboxylic acid groups (broad SMARTS) is 1. The minimum atomic E-state index is -0.981. The van der Waals surface area contributed by atoms with Crippen LogP contribution in [0.5, 0.6) is 0 Å². The van der Waals surface area contributed by atoms with Gasteiger partial charge >= 0.3 is 5.97 Å². The zero-order valence-corrected chi connectivity index (χ0v) is 9.74. The van der Waals surface area contributed by atoms with Crippen LogP contribution in [0.4, 0.5) is 0 Å². The van der Waals surface area contributed by atoms with Crippen molar-refractivity contribution in [1.29, 1.82) is 0 Å². The first-order valence-corrected chi connectivity index (χ1v) is 5.37. The zero-order chi connectivity index (χ0) is 12.4. The minimum absolute atomic E-state index is 0.170. The van der Waals surface area contributed by atoms with E-state index in [-0.39, 0.29) is 5.69 Å². The summed E-state index contributed by atoms with van der Waals surface area (Å²) in [7, 11) is 0. The van der Waals surface area contributed by atoms with Crippen LogP contribution in [0.2, 0.25) is 0 Å². The maximum Gasteiger partial charge on any atom is 0.354 e. The maximum absolute atomic E-state index is 10.9. The molecule has 0 unspecified atom stereocenters. The molecule has 1 N–H and O–H groups in total. The van der Waals surface area contributed by atoms with Crippen LogP contribution in [0.1, 0.15) is 36.1 Å². The van der Waals surface area contributed by atoms with Crippen molar-refractivity contribution >= 4 is 5.97 Å². The summed E-state index contributed by atoms with van der Waals surface area (Å²) >= 11 is 0. The molecule has 90 valence electrons. The molecule has 6 nitrogen and oxygen atoms in total. The number of aromatic carboxylic acids is 1. The van der Waals surface area contributed by atoms with Gasteiger partial charge in [-0.15, -0.1) is 0 Å². The van der Waals surface area contributed by atoms with Crippen molar-refractivity contribution in [3.63, 3.8) is 0 Å². The van der Waals surface area contributed by atoms with E-state index in [4.69, 9.17) is 5.11 Å². The average molecular weight is 234 g/mol. The third kappa shape index (κ3) is 2.35. The summed E-state index contributed by atoms with van der Waals surface area (Å²) in [5.74, 6) is -0.981. The molecule has 2 aromatic heterocycles. The van der Waals surface area contributed by atoms with Crippen LogP contribution in [-0.2, 0) is 6.54 Å². The van der Waals surface area contributed by atoms with Gasteiger partial charge in [0.25, 0.3) is 0 Å². The van der Waals surface area contributed by atoms with Gasteiger partial charge in [-0.3, -0.25) is 9.36 Å². The molecule has 0 fully saturated rings. The number of hydrogen-bond acceptors (Lipinski definition) is 3. The van der Waals surface area contributed by atoms with E-state index in [9.17, 15) is 4.79 Å². The molecule has 17 heavy (non-hydrogen) atoms. The van der Waals surface area contributed by atoms with E-state index in [1.807, 2.05) is 30.8 Å². The summed E-state index contributed by atoms with van der Waals surface area (Å²) in [5.41, 5.74) is 0.967. The second-order valence-electron chi connectivity index (χ2n) is 4.06. The molecular formula is C11H14N4O2. The van der Waals surface area contributed by atoms with Crippen molar-refractivity contribution in [2.24, 2.45) is 0 Å². The van der Waals surface area contributed by atoms with Gasteiger partial charge < -0.3 is 5.11 Å². The van der Waals surface area contributed by atoms with Crippen LogP contribution in [0.25, 0.3) is 0 Å². The van der Waals surface area contributed by atoms with Crippen molar-refractivity contribution in [2.45, 2.75) is 26.4 Å². The first kappa shape index (κ1) is 11.4. The standard InChI is InChI=1S/C11H14N4O2/c1-8(2)14-6-4-9(13-14)7-15-10(11(16)17)3-5-12-15/h3-6,8H,7H2,1-2H3,(H,16,17). The number of nitrogens with zero attached hydrogens (tertiary/aromatic N) is 4. The highest BCUT2D eigenvalue weighted by atomic mass is 16.4. The Bertz CT molecular complexity index is 527. The molecule has 0 amide bonds. The third-order valence-corrected chi connectivity index (χ3v) is 2.44. The fourth-order valence-corrected chi connectivity index (χ4v) is 1.54. The Balaban J connectivity index is 2.19. The lowest BCUT2D eigenvalue weighted by molar-refractivity contribution is 0.0684. The van der Waals surface area contributed by atoms with Gasteiger partial charge in [-0.25, -0.2) is 4.79 Å². The molecule has 2 heterocycles. The van der Waals surface area contributed by atoms with Crippen molar-refractivity contribution in [2.75, 3.05) is 0 Å². The minimum Gasteiger partial charge on any atom is -0.477 e. The lowest BCUT2D eigenvalue weighted by atomic mass is 10.4. The third-order valence-electron chi connectivity index (χ3n) is 2.44. The summed E-state index contributed by atoms with van der Waals surface area (Å²) in [6, 6.07) is 3.63. The highest BCUT2D eigenvalue weighted by molar-refractivity contribution is 5.85. The molecule has 2 rings (SSSR count). The molecule has 0 saturated heterocycles. The fraction of sp³-hybridized carbons (Fsp3) is 0.364. The SMILES string of the molecule is CC(C)n1ccc(Cn2nccc2C(=O)O)n1. The molecule has 0 radical (unpaired) electrons. The first-order chi connectivity index (χ1) is 8.08. The number of rotatable bonds is 4. The fourth-order valence-electron chi connectivity index (χ4n) is 1.54. The topological polar surface area (TPSA) is 72.9 Å². The Labute approximate surface area is 98.5 Å². The van der Waals surface area contributed by atoms with Gasteiger partial charge in [-0.1, -0.05) is 0 Å². The lowest BCUT2D eigenvalue weighted by Crippen LogP contribution is -2.11. The Morgan fingerprint density at radius 1 is 1.47 bits per heavy atom. The van der Waals surface area contributed by atoms with Crippen LogP contribution < -0.4 is 0 Å². The maximum atomic E-state index is 10.9. The molecule has 0 aliphatic heterocycles. The van der Waals surface area contributed by atoms with Crippen LogP contribution in [0.3, 0.4) is 0 Å². The smallest absolute Gasteiger partial charge is 0.354 e. The van der Waals surface area contributed by atoms with Crippen LogP contribution in [0, 0.1) is 0 Å². The van der Waals surface area contributed by atoms with Gasteiger partial charge in [0, 0.05) is 18.4 Å². The molecule has 0 spiro atoms. The zero-order valence-electron chi connectivity index (χ0n) is 9.74. The van der Waals surface area contributed by atoms with Crippen molar-refractivity contribution in [3.05, 3.63) is 35.9 Å². The van der Waals surface area contributed by atoms with Crippen molar-refractivity contribution < 1.29 is 9.90 Å². The van der Waals surface area contributed by atoms with Crippen molar-refractivity contribution in [1.82, 2.24) is 19.6 Å². The highest BCUT2D eigenvalue weighted by Crippen LogP contribution is 2.07. The van der Waals surface area contributed by atoms with Gasteiger partial charge in [0.15, 0.2) is 0 Å². The van der Waals surface area contributed by atoms with E-state index >= 15 is 0 Å². The predicted octanol–water partition coefficient (Wildman–Crippen LogP) is 1.41. The van der Waals surface area contributed by atoms with Crippen LogP contribution >= 0.6 is 0 Å². The molecular weight excluding hydrogens is 220 g/mol. The molecule has 6 heteroatoms. The van der Waals surface area contributed by atoms with Gasteiger partial charge in [0.05, 0.1) is 12.2 Å². The predicted molar refractivity (Wildman–Crippen MR) is 60.9 cm³/mol. The van der Waals surface area contributed by atoms with Crippen LogP contribution in [0.15, 0.2) is 24.5 Å². The number of carbonyl (C=O) groups is 1. The Morgan fingerprint density at radius 3 is 2.82 bits per heavy atom. The summed E-state index contributed by atoms with van der Waals surface area (Å²) in [5, 5.41) is 17.3. The van der Waals surface area contributed by atoms with E-state index in [2.05, 4.69) is 10.2 Å². The van der Waals surface area contributed by atoms with E-state index in [0.717, 1.165) is 5.69 Å². The van der Waals surface area contributed by atoms with Gasteiger partial charge in [-0.05, 0) is 26.0 Å². The number of carboxylic acids is 1. The van der Waals surface area contributed by atoms with Gasteiger partial charge in [-0.2, -0.15) is 10.2 Å². The molecule has 0 atom stereocenters. The Hall–Kier alpha value is -2.11. The Kier molecular flexibility index (Phi) is 2.95. The van der Waals surface area contributed by atoms with E-state index in [1.54, 1.807) is 0 Å². The molecule has 0 bridgehead atoms. The van der Waals surface area contributed by atoms with E-state index < -0.39 is 5.97 Å². The Morgan fingerprint density at radius 2 is 2.24 bits per heavy atom. The number of aromatic nitrogens is 4. The number of hydrogen-bond donors (Lipinski definition) is 1. The quantitative estimate of drug-likeness (QED) is 0.868. The average Bonchev–Trinajstić information content (AvgIpc) is 2.86. The lowest BCUT2D eigenvalue weighted by Gasteiger charge is -2.04. The second-order valence-corrected chi connectivity index (χ2v) is 4.06. The van der Waals surface area contributed by atoms with Crippen LogP contribution in [-0.4, -0.2) is 30.6 Å². The molecule has 2 aromatic rings. The van der Waals surface area contributed by atoms with Gasteiger partial charge in [0.2, 0.25) is 0 Å².